The van der Waals surface area contributed by atoms with Crippen LogP contribution in [0.25, 0.3) is 6.08 Å². The van der Waals surface area contributed by atoms with Crippen LogP contribution < -0.4 is 0 Å². The summed E-state index contributed by atoms with van der Waals surface area (Å²) in [5.41, 5.74) is 2.62. The highest BCUT2D eigenvalue weighted by Gasteiger charge is 1.88. The van der Waals surface area contributed by atoms with E-state index in [2.05, 4.69) is 43.3 Å². The third-order valence-corrected chi connectivity index (χ3v) is 2.57. The van der Waals surface area contributed by atoms with Crippen LogP contribution in [0.2, 0.25) is 0 Å². The highest BCUT2D eigenvalue weighted by Crippen LogP contribution is 2.08. The molecule has 0 spiro atoms. The van der Waals surface area contributed by atoms with Crippen LogP contribution in [-0.2, 0) is 4.74 Å². The molecule has 0 aliphatic heterocycles. The van der Waals surface area contributed by atoms with E-state index in [1.165, 1.54) is 30.4 Å². The minimum absolute atomic E-state index is 0.890. The van der Waals surface area contributed by atoms with Crippen molar-refractivity contribution in [1.29, 1.82) is 0 Å². The minimum Gasteiger partial charge on any atom is -0.385 e. The summed E-state index contributed by atoms with van der Waals surface area (Å²) in [6.45, 7) is 11.0. The summed E-state index contributed by atoms with van der Waals surface area (Å²) < 4.78 is 5.01. The second kappa shape index (κ2) is 17.9. The van der Waals surface area contributed by atoms with Crippen molar-refractivity contribution >= 4 is 6.08 Å². The van der Waals surface area contributed by atoms with Crippen molar-refractivity contribution in [3.63, 3.8) is 0 Å². The average molecular weight is 278 g/mol. The predicted octanol–water partition coefficient (Wildman–Crippen LogP) is 6.27. The fraction of sp³-hybridized carbons (Fsp3) is 0.579. The number of aryl methyl sites for hydroxylation is 1. The van der Waals surface area contributed by atoms with Gasteiger partial charge in [0.2, 0.25) is 0 Å². The molecule has 20 heavy (non-hydrogen) atoms. The topological polar surface area (TPSA) is 9.23 Å². The van der Waals surface area contributed by atoms with Crippen molar-refractivity contribution in [3.8, 4) is 0 Å². The second-order valence-electron chi connectivity index (χ2n) is 4.16. The summed E-state index contributed by atoms with van der Waals surface area (Å²) in [7, 11) is 1.76. The molecule has 1 aromatic rings. The molecule has 0 unspecified atom stereocenters. The van der Waals surface area contributed by atoms with E-state index in [0.29, 0.717) is 0 Å². The van der Waals surface area contributed by atoms with Crippen molar-refractivity contribution in [2.45, 2.75) is 60.3 Å². The van der Waals surface area contributed by atoms with Gasteiger partial charge in [-0.1, -0.05) is 76.1 Å². The first kappa shape index (κ1) is 21.2. The van der Waals surface area contributed by atoms with Crippen molar-refractivity contribution in [2.75, 3.05) is 13.7 Å². The normalized spacial score (nSPS) is 9.50. The van der Waals surface area contributed by atoms with Gasteiger partial charge in [0.05, 0.1) is 0 Å². The summed E-state index contributed by atoms with van der Waals surface area (Å²) in [5, 5.41) is 0. The quantitative estimate of drug-likeness (QED) is 0.534. The predicted molar refractivity (Wildman–Crippen MR) is 93.3 cm³/mol. The van der Waals surface area contributed by atoms with Crippen LogP contribution >= 0.6 is 0 Å². The lowest BCUT2D eigenvalue weighted by Gasteiger charge is -1.98. The smallest absolute Gasteiger partial charge is 0.0462 e. The van der Waals surface area contributed by atoms with Crippen molar-refractivity contribution < 1.29 is 4.74 Å². The Labute approximate surface area is 127 Å². The number of ether oxygens (including phenoxy) is 1. The molecule has 0 bridgehead atoms. The highest BCUT2D eigenvalue weighted by molar-refractivity contribution is 5.49. The van der Waals surface area contributed by atoms with Gasteiger partial charge in [-0.15, -0.1) is 0 Å². The number of rotatable bonds is 7. The molecule has 0 aliphatic rings. The molecule has 0 radical (unpaired) electrons. The molecule has 0 amide bonds. The maximum Gasteiger partial charge on any atom is 0.0462 e. The zero-order valence-corrected chi connectivity index (χ0v) is 14.4. The molecule has 0 atom stereocenters. The van der Waals surface area contributed by atoms with Gasteiger partial charge in [-0.05, 0) is 31.7 Å². The van der Waals surface area contributed by atoms with Crippen LogP contribution in [0, 0.1) is 6.92 Å². The Morgan fingerprint density at radius 3 is 2.30 bits per heavy atom. The molecule has 0 heterocycles. The number of hydrogen-bond acceptors (Lipinski definition) is 1. The van der Waals surface area contributed by atoms with Gasteiger partial charge in [-0.3, -0.25) is 0 Å². The molecule has 1 heteroatoms. The maximum absolute atomic E-state index is 5.01. The molecule has 1 nitrogen and oxygen atoms in total. The lowest BCUT2D eigenvalue weighted by atomic mass is 10.1. The fourth-order valence-electron chi connectivity index (χ4n) is 1.68. The van der Waals surface area contributed by atoms with Crippen LogP contribution in [-0.4, -0.2) is 13.7 Å². The molecule has 0 fully saturated rings. The van der Waals surface area contributed by atoms with Crippen LogP contribution in [0.15, 0.2) is 30.3 Å². The van der Waals surface area contributed by atoms with Gasteiger partial charge < -0.3 is 4.74 Å². The van der Waals surface area contributed by atoms with Crippen LogP contribution in [0.1, 0.15) is 64.5 Å². The molecule has 0 aliphatic carbocycles. The molecular weight excluding hydrogens is 244 g/mol. The van der Waals surface area contributed by atoms with E-state index in [0.717, 1.165) is 13.0 Å². The molecule has 116 valence electrons. The summed E-state index contributed by atoms with van der Waals surface area (Å²) in [6.07, 6.45) is 9.33. The maximum atomic E-state index is 5.01. The Bertz CT molecular complexity index is 315. The summed E-state index contributed by atoms with van der Waals surface area (Å²) in [5.74, 6) is 0. The van der Waals surface area contributed by atoms with Crippen molar-refractivity contribution in [1.82, 2.24) is 0 Å². The Morgan fingerprint density at radius 2 is 1.70 bits per heavy atom. The van der Waals surface area contributed by atoms with Gasteiger partial charge in [0.1, 0.15) is 0 Å². The average Bonchev–Trinajstić information content (AvgIpc) is 2.50. The van der Waals surface area contributed by atoms with E-state index in [9.17, 15) is 0 Å². The van der Waals surface area contributed by atoms with Crippen LogP contribution in [0.5, 0.6) is 0 Å². The van der Waals surface area contributed by atoms with E-state index in [1.807, 2.05) is 27.7 Å². The van der Waals surface area contributed by atoms with Gasteiger partial charge in [-0.2, -0.15) is 0 Å². The summed E-state index contributed by atoms with van der Waals surface area (Å²) in [4.78, 5) is 0. The molecule has 0 aromatic heterocycles. The Hall–Kier alpha value is -1.08. The van der Waals surface area contributed by atoms with Crippen molar-refractivity contribution in [3.05, 3.63) is 41.5 Å². The molecule has 1 aromatic carbocycles. The Kier molecular flexibility index (Phi) is 19.0. The van der Waals surface area contributed by atoms with Crippen molar-refractivity contribution in [2.24, 2.45) is 0 Å². The van der Waals surface area contributed by atoms with E-state index in [4.69, 9.17) is 4.74 Å². The number of benzene rings is 1. The lowest BCUT2D eigenvalue weighted by Crippen LogP contribution is -1.87. The first-order chi connectivity index (χ1) is 9.83. The standard InChI is InChI=1S/C15H22O.2C2H6/c1-14-9-8-11-15(13-14)10-6-4-3-5-7-12-16-2;2*1-2/h6,8-11,13H,3-5,7,12H2,1-2H3;2*1-2H3/b10-6+;;. The van der Waals surface area contributed by atoms with Gasteiger partial charge >= 0.3 is 0 Å². The molecular formula is C19H34O. The Morgan fingerprint density at radius 1 is 1.00 bits per heavy atom. The number of hydrogen-bond donors (Lipinski definition) is 0. The molecule has 0 N–H and O–H groups in total. The third-order valence-electron chi connectivity index (χ3n) is 2.57. The van der Waals surface area contributed by atoms with Gasteiger partial charge in [0, 0.05) is 13.7 Å². The fourth-order valence-corrected chi connectivity index (χ4v) is 1.68. The SMILES string of the molecule is CC.CC.COCCCCC/C=C/c1cccc(C)c1. The first-order valence-electron chi connectivity index (χ1n) is 8.05. The van der Waals surface area contributed by atoms with E-state index < -0.39 is 0 Å². The van der Waals surface area contributed by atoms with E-state index in [-0.39, 0.29) is 0 Å². The molecule has 0 saturated heterocycles. The van der Waals surface area contributed by atoms with E-state index >= 15 is 0 Å². The molecule has 0 saturated carbocycles. The lowest BCUT2D eigenvalue weighted by molar-refractivity contribution is 0.192. The zero-order valence-electron chi connectivity index (χ0n) is 14.4. The van der Waals surface area contributed by atoms with Crippen LogP contribution in [0.4, 0.5) is 0 Å². The van der Waals surface area contributed by atoms with Gasteiger partial charge in [0.25, 0.3) is 0 Å². The highest BCUT2D eigenvalue weighted by atomic mass is 16.5. The Balaban J connectivity index is 0. The van der Waals surface area contributed by atoms with Crippen LogP contribution in [0.3, 0.4) is 0 Å². The second-order valence-corrected chi connectivity index (χ2v) is 4.16. The number of methoxy groups -OCH3 is 1. The summed E-state index contributed by atoms with van der Waals surface area (Å²) >= 11 is 0. The van der Waals surface area contributed by atoms with Gasteiger partial charge in [0.15, 0.2) is 0 Å². The monoisotopic (exact) mass is 278 g/mol. The van der Waals surface area contributed by atoms with Gasteiger partial charge in [-0.25, -0.2) is 0 Å². The molecule has 1 rings (SSSR count). The number of allylic oxidation sites excluding steroid dienone is 1. The van der Waals surface area contributed by atoms with E-state index in [1.54, 1.807) is 7.11 Å². The minimum atomic E-state index is 0.890. The first-order valence-corrected chi connectivity index (χ1v) is 8.05. The zero-order chi connectivity index (χ0) is 15.6. The third kappa shape index (κ3) is 13.4. The summed E-state index contributed by atoms with van der Waals surface area (Å²) in [6, 6.07) is 8.59. The number of unbranched alkanes of at least 4 members (excludes halogenated alkanes) is 3. The largest absolute Gasteiger partial charge is 0.385 e.